The molecule has 2 heterocycles. The summed E-state index contributed by atoms with van der Waals surface area (Å²) in [7, 11) is 3.20. The van der Waals surface area contributed by atoms with E-state index in [2.05, 4.69) is 0 Å². The Bertz CT molecular complexity index is 1530. The van der Waals surface area contributed by atoms with Gasteiger partial charge in [-0.05, 0) is 67.6 Å². The van der Waals surface area contributed by atoms with Crippen LogP contribution >= 0.6 is 0 Å². The summed E-state index contributed by atoms with van der Waals surface area (Å²) < 4.78 is 17.0. The van der Waals surface area contributed by atoms with Crippen LogP contribution in [-0.4, -0.2) is 31.6 Å². The zero-order chi connectivity index (χ0) is 25.6. The highest BCUT2D eigenvalue weighted by Crippen LogP contribution is 2.39. The van der Waals surface area contributed by atoms with Crippen LogP contribution in [0, 0.1) is 20.8 Å². The molecule has 6 nitrogen and oxygen atoms in total. The molecular weight excluding hydrogens is 454 g/mol. The van der Waals surface area contributed by atoms with Crippen molar-refractivity contribution in [1.82, 2.24) is 4.90 Å². The Kier molecular flexibility index (Phi) is 6.04. The number of fused-ring (bicyclic) bond motifs is 2. The minimum absolute atomic E-state index is 0.136. The molecular formula is C30H29NO5. The fraction of sp³-hybridized carbons (Fsp3) is 0.267. The van der Waals surface area contributed by atoms with Crippen molar-refractivity contribution in [2.24, 2.45) is 0 Å². The number of rotatable bonds is 6. The molecule has 184 valence electrons. The van der Waals surface area contributed by atoms with Gasteiger partial charge < -0.3 is 18.8 Å². The molecule has 36 heavy (non-hydrogen) atoms. The van der Waals surface area contributed by atoms with E-state index in [-0.39, 0.29) is 17.1 Å². The van der Waals surface area contributed by atoms with Crippen molar-refractivity contribution in [3.8, 4) is 11.5 Å². The molecule has 1 aliphatic rings. The van der Waals surface area contributed by atoms with Crippen LogP contribution in [0.5, 0.6) is 11.5 Å². The van der Waals surface area contributed by atoms with Gasteiger partial charge in [0.2, 0.25) is 5.76 Å². The van der Waals surface area contributed by atoms with Gasteiger partial charge in [0.05, 0.1) is 31.2 Å². The molecule has 0 fully saturated rings. The monoisotopic (exact) mass is 483 g/mol. The topological polar surface area (TPSA) is 69.0 Å². The summed E-state index contributed by atoms with van der Waals surface area (Å²) in [6.07, 6.45) is 0.578. The lowest BCUT2D eigenvalue weighted by molar-refractivity contribution is 0.0730. The zero-order valence-electron chi connectivity index (χ0n) is 21.2. The van der Waals surface area contributed by atoms with E-state index in [1.807, 2.05) is 75.4 Å². The number of carbonyl (C=O) groups excluding carboxylic acids is 1. The molecule has 1 aliphatic heterocycles. The predicted octanol–water partition coefficient (Wildman–Crippen LogP) is 5.52. The molecule has 1 amide bonds. The molecule has 1 aromatic heterocycles. The van der Waals surface area contributed by atoms with Gasteiger partial charge in [-0.2, -0.15) is 0 Å². The first-order chi connectivity index (χ1) is 17.3. The van der Waals surface area contributed by atoms with Crippen LogP contribution in [0.15, 0.2) is 63.8 Å². The van der Waals surface area contributed by atoms with Crippen molar-refractivity contribution in [2.45, 2.75) is 33.2 Å². The van der Waals surface area contributed by atoms with Crippen LogP contribution in [0.25, 0.3) is 11.0 Å². The Hall–Kier alpha value is -4.06. The first kappa shape index (κ1) is 23.7. The Morgan fingerprint density at radius 1 is 0.861 bits per heavy atom. The molecule has 4 aromatic rings. The van der Waals surface area contributed by atoms with E-state index in [1.54, 1.807) is 19.1 Å². The third-order valence-electron chi connectivity index (χ3n) is 6.88. The van der Waals surface area contributed by atoms with E-state index in [9.17, 15) is 9.59 Å². The SMILES string of the molecule is COc1ccc(CCN2C(=O)c3oc4c(C)cc(C)cc4c(=O)c3[C@H]2c2ccc(C)cc2)cc1OC. The molecule has 0 spiro atoms. The van der Waals surface area contributed by atoms with Crippen LogP contribution < -0.4 is 14.9 Å². The molecule has 0 N–H and O–H groups in total. The third-order valence-corrected chi connectivity index (χ3v) is 6.88. The number of hydrogen-bond donors (Lipinski definition) is 0. The van der Waals surface area contributed by atoms with Crippen LogP contribution in [0.3, 0.4) is 0 Å². The number of ether oxygens (including phenoxy) is 2. The largest absolute Gasteiger partial charge is 0.493 e. The van der Waals surface area contributed by atoms with Gasteiger partial charge in [0.1, 0.15) is 5.58 Å². The summed E-state index contributed by atoms with van der Waals surface area (Å²) in [5.74, 6) is 1.15. The first-order valence-corrected chi connectivity index (χ1v) is 12.0. The fourth-order valence-corrected chi connectivity index (χ4v) is 5.09. The molecule has 6 heteroatoms. The Labute approximate surface area is 210 Å². The molecule has 0 bridgehead atoms. The van der Waals surface area contributed by atoms with E-state index in [0.717, 1.165) is 27.8 Å². The smallest absolute Gasteiger partial charge is 0.290 e. The third kappa shape index (κ3) is 3.92. The van der Waals surface area contributed by atoms with Gasteiger partial charge in [0, 0.05) is 6.54 Å². The zero-order valence-corrected chi connectivity index (χ0v) is 21.2. The van der Waals surface area contributed by atoms with Gasteiger partial charge in [-0.3, -0.25) is 9.59 Å². The Morgan fingerprint density at radius 3 is 2.28 bits per heavy atom. The molecule has 3 aromatic carbocycles. The normalized spacial score (nSPS) is 14.9. The van der Waals surface area contributed by atoms with E-state index >= 15 is 0 Å². The van der Waals surface area contributed by atoms with E-state index in [4.69, 9.17) is 13.9 Å². The number of aryl methyl sites for hydroxylation is 3. The van der Waals surface area contributed by atoms with Gasteiger partial charge in [-0.15, -0.1) is 0 Å². The van der Waals surface area contributed by atoms with Gasteiger partial charge >= 0.3 is 0 Å². The lowest BCUT2D eigenvalue weighted by Crippen LogP contribution is -2.31. The minimum atomic E-state index is -0.519. The quantitative estimate of drug-likeness (QED) is 0.361. The van der Waals surface area contributed by atoms with Gasteiger partial charge in [0.25, 0.3) is 5.91 Å². The number of methoxy groups -OCH3 is 2. The Balaban J connectivity index is 1.61. The van der Waals surface area contributed by atoms with Crippen molar-refractivity contribution >= 4 is 16.9 Å². The predicted molar refractivity (Wildman–Crippen MR) is 139 cm³/mol. The summed E-state index contributed by atoms with van der Waals surface area (Å²) in [6.45, 7) is 6.28. The van der Waals surface area contributed by atoms with Crippen molar-refractivity contribution in [1.29, 1.82) is 0 Å². The highest BCUT2D eigenvalue weighted by Gasteiger charge is 2.42. The molecule has 1 atom stereocenters. The highest BCUT2D eigenvalue weighted by molar-refractivity contribution is 5.99. The fourth-order valence-electron chi connectivity index (χ4n) is 5.09. The van der Waals surface area contributed by atoms with Gasteiger partial charge in [0.15, 0.2) is 16.9 Å². The van der Waals surface area contributed by atoms with Gasteiger partial charge in [-0.25, -0.2) is 0 Å². The standard InChI is InChI=1S/C30H29NO5/c1-17-6-9-21(10-7-17)26-25-27(32)22-15-18(2)14-19(3)28(22)36-29(25)30(33)31(26)13-12-20-8-11-23(34-4)24(16-20)35-5/h6-11,14-16,26H,12-13H2,1-5H3/t26-/m1/s1. The van der Waals surface area contributed by atoms with Crippen molar-refractivity contribution in [3.05, 3.63) is 104 Å². The number of benzene rings is 3. The number of carbonyl (C=O) groups is 1. The van der Waals surface area contributed by atoms with Crippen LogP contribution in [0.4, 0.5) is 0 Å². The second kappa shape index (κ2) is 9.19. The molecule has 0 saturated carbocycles. The average molecular weight is 484 g/mol. The minimum Gasteiger partial charge on any atom is -0.493 e. The molecule has 0 radical (unpaired) electrons. The summed E-state index contributed by atoms with van der Waals surface area (Å²) in [6, 6.07) is 17.0. The van der Waals surface area contributed by atoms with Crippen molar-refractivity contribution in [2.75, 3.05) is 20.8 Å². The summed E-state index contributed by atoms with van der Waals surface area (Å²) in [5, 5.41) is 0.512. The van der Waals surface area contributed by atoms with Crippen LogP contribution in [0.2, 0.25) is 0 Å². The highest BCUT2D eigenvalue weighted by atomic mass is 16.5. The maximum absolute atomic E-state index is 13.8. The average Bonchev–Trinajstić information content (AvgIpc) is 3.15. The lowest BCUT2D eigenvalue weighted by Gasteiger charge is -2.25. The number of amides is 1. The molecule has 0 unspecified atom stereocenters. The van der Waals surface area contributed by atoms with Crippen LogP contribution in [0.1, 0.15) is 50.0 Å². The summed E-state index contributed by atoms with van der Waals surface area (Å²) in [4.78, 5) is 29.3. The van der Waals surface area contributed by atoms with Crippen molar-refractivity contribution in [3.63, 3.8) is 0 Å². The maximum atomic E-state index is 13.8. The van der Waals surface area contributed by atoms with Crippen molar-refractivity contribution < 1.29 is 18.7 Å². The molecule has 5 rings (SSSR count). The molecule has 0 aliphatic carbocycles. The summed E-state index contributed by atoms with van der Waals surface area (Å²) >= 11 is 0. The first-order valence-electron chi connectivity index (χ1n) is 12.0. The lowest BCUT2D eigenvalue weighted by atomic mass is 9.96. The van der Waals surface area contributed by atoms with Crippen LogP contribution in [-0.2, 0) is 6.42 Å². The maximum Gasteiger partial charge on any atom is 0.290 e. The molecule has 0 saturated heterocycles. The van der Waals surface area contributed by atoms with E-state index in [0.29, 0.717) is 41.0 Å². The second-order valence-electron chi connectivity index (χ2n) is 9.38. The number of hydrogen-bond acceptors (Lipinski definition) is 5. The second-order valence-corrected chi connectivity index (χ2v) is 9.38. The van der Waals surface area contributed by atoms with E-state index in [1.165, 1.54) is 0 Å². The summed E-state index contributed by atoms with van der Waals surface area (Å²) in [5.41, 5.74) is 5.55. The van der Waals surface area contributed by atoms with Gasteiger partial charge in [-0.1, -0.05) is 42.0 Å². The Morgan fingerprint density at radius 2 is 1.58 bits per heavy atom. The number of nitrogens with zero attached hydrogens (tertiary/aromatic N) is 1. The van der Waals surface area contributed by atoms with E-state index < -0.39 is 6.04 Å².